The molecule has 3 rings (SSSR count). The smallest absolute Gasteiger partial charge is 0.270 e. The zero-order valence-corrected chi connectivity index (χ0v) is 17.1. The van der Waals surface area contributed by atoms with E-state index in [1.54, 1.807) is 27.0 Å². The van der Waals surface area contributed by atoms with Crippen LogP contribution in [0.1, 0.15) is 28.8 Å². The molecule has 2 aromatic rings. The first kappa shape index (κ1) is 20.6. The van der Waals surface area contributed by atoms with E-state index in [0.717, 1.165) is 17.1 Å². The summed E-state index contributed by atoms with van der Waals surface area (Å²) in [5, 5.41) is 2.92. The predicted molar refractivity (Wildman–Crippen MR) is 110 cm³/mol. The number of ether oxygens (including phenoxy) is 1. The van der Waals surface area contributed by atoms with Crippen LogP contribution in [0, 0.1) is 6.92 Å². The second-order valence-corrected chi connectivity index (χ2v) is 6.97. The third kappa shape index (κ3) is 5.22. The van der Waals surface area contributed by atoms with Gasteiger partial charge in [-0.3, -0.25) is 9.59 Å². The third-order valence-electron chi connectivity index (χ3n) is 4.98. The average Bonchev–Trinajstić information content (AvgIpc) is 2.73. The first-order valence-corrected chi connectivity index (χ1v) is 9.74. The maximum atomic E-state index is 12.6. The van der Waals surface area contributed by atoms with Crippen molar-refractivity contribution >= 4 is 17.6 Å². The van der Waals surface area contributed by atoms with Crippen molar-refractivity contribution in [3.8, 4) is 5.75 Å². The summed E-state index contributed by atoms with van der Waals surface area (Å²) in [5.74, 6) is 1.93. The molecular weight excluding hydrogens is 370 g/mol. The summed E-state index contributed by atoms with van der Waals surface area (Å²) < 4.78 is 5.35. The van der Waals surface area contributed by atoms with E-state index in [9.17, 15) is 9.59 Å². The number of aromatic nitrogens is 2. The van der Waals surface area contributed by atoms with Gasteiger partial charge in [-0.1, -0.05) is 18.2 Å². The molecule has 1 aromatic carbocycles. The van der Waals surface area contributed by atoms with Crippen LogP contribution >= 0.6 is 0 Å². The van der Waals surface area contributed by atoms with Crippen LogP contribution in [-0.4, -0.2) is 66.5 Å². The molecule has 1 saturated heterocycles. The Bertz CT molecular complexity index is 878. The molecule has 1 aliphatic rings. The lowest BCUT2D eigenvalue weighted by atomic mass is 10.1. The molecule has 0 atom stereocenters. The van der Waals surface area contributed by atoms with Crippen LogP contribution in [0.3, 0.4) is 0 Å². The molecule has 1 N–H and O–H groups in total. The van der Waals surface area contributed by atoms with Crippen molar-refractivity contribution in [2.75, 3.05) is 44.7 Å². The Morgan fingerprint density at radius 3 is 2.55 bits per heavy atom. The fourth-order valence-electron chi connectivity index (χ4n) is 3.39. The Morgan fingerprint density at radius 2 is 1.86 bits per heavy atom. The Balaban J connectivity index is 1.61. The van der Waals surface area contributed by atoms with Gasteiger partial charge >= 0.3 is 0 Å². The van der Waals surface area contributed by atoms with Gasteiger partial charge in [0.05, 0.1) is 7.11 Å². The third-order valence-corrected chi connectivity index (χ3v) is 4.98. The van der Waals surface area contributed by atoms with Crippen molar-refractivity contribution in [2.45, 2.75) is 20.3 Å². The molecule has 0 aliphatic carbocycles. The van der Waals surface area contributed by atoms with Crippen LogP contribution < -0.4 is 15.0 Å². The number of anilines is 1. The van der Waals surface area contributed by atoms with E-state index < -0.39 is 0 Å². The molecule has 0 radical (unpaired) electrons. The highest BCUT2D eigenvalue weighted by Gasteiger charge is 2.21. The number of carbonyl (C=O) groups is 2. The Kier molecular flexibility index (Phi) is 6.64. The number of piperazine rings is 1. The lowest BCUT2D eigenvalue weighted by molar-refractivity contribution is -0.129. The molecule has 8 heteroatoms. The van der Waals surface area contributed by atoms with Crippen LogP contribution in [0.5, 0.6) is 5.75 Å². The van der Waals surface area contributed by atoms with E-state index in [1.807, 2.05) is 29.2 Å². The van der Waals surface area contributed by atoms with Crippen LogP contribution in [0.4, 0.5) is 5.82 Å². The molecule has 2 amide bonds. The number of para-hydroxylation sites is 1. The van der Waals surface area contributed by atoms with Gasteiger partial charge in [-0.25, -0.2) is 9.97 Å². The Hall–Kier alpha value is -3.16. The van der Waals surface area contributed by atoms with Gasteiger partial charge < -0.3 is 19.9 Å². The van der Waals surface area contributed by atoms with Crippen molar-refractivity contribution < 1.29 is 14.3 Å². The highest BCUT2D eigenvalue weighted by Crippen LogP contribution is 2.18. The molecule has 8 nitrogen and oxygen atoms in total. The largest absolute Gasteiger partial charge is 0.496 e. The van der Waals surface area contributed by atoms with Crippen molar-refractivity contribution in [3.63, 3.8) is 0 Å². The summed E-state index contributed by atoms with van der Waals surface area (Å²) >= 11 is 0. The van der Waals surface area contributed by atoms with E-state index in [2.05, 4.69) is 20.2 Å². The van der Waals surface area contributed by atoms with Gasteiger partial charge in [0.2, 0.25) is 5.91 Å². The molecule has 154 valence electrons. The fraction of sp³-hybridized carbons (Fsp3) is 0.429. The number of amides is 2. The molecule has 2 heterocycles. The van der Waals surface area contributed by atoms with Crippen molar-refractivity contribution in [2.24, 2.45) is 0 Å². The van der Waals surface area contributed by atoms with E-state index in [-0.39, 0.29) is 11.8 Å². The number of aryl methyl sites for hydroxylation is 1. The van der Waals surface area contributed by atoms with Gasteiger partial charge in [-0.15, -0.1) is 0 Å². The molecule has 1 fully saturated rings. The highest BCUT2D eigenvalue weighted by molar-refractivity contribution is 5.93. The van der Waals surface area contributed by atoms with Crippen molar-refractivity contribution in [1.29, 1.82) is 0 Å². The number of rotatable bonds is 6. The van der Waals surface area contributed by atoms with Gasteiger partial charge in [-0.2, -0.15) is 0 Å². The summed E-state index contributed by atoms with van der Waals surface area (Å²) in [5.41, 5.74) is 1.39. The standard InChI is InChI=1S/C21H27N5O3/c1-15-23-18(14-20(24-15)26-12-10-25(11-13-26)16(2)27)21(28)22-9-8-17-6-4-5-7-19(17)29-3/h4-7,14H,8-13H2,1-3H3,(H,22,28). The normalized spacial score (nSPS) is 13.9. The summed E-state index contributed by atoms with van der Waals surface area (Å²) in [6.07, 6.45) is 0.666. The number of benzene rings is 1. The van der Waals surface area contributed by atoms with Gasteiger partial charge in [0.15, 0.2) is 0 Å². The lowest BCUT2D eigenvalue weighted by Crippen LogP contribution is -2.48. The first-order valence-electron chi connectivity index (χ1n) is 9.74. The highest BCUT2D eigenvalue weighted by atomic mass is 16.5. The number of carbonyl (C=O) groups excluding carboxylic acids is 2. The Labute approximate surface area is 170 Å². The number of nitrogens with one attached hydrogen (secondary N) is 1. The number of hydrogen-bond acceptors (Lipinski definition) is 6. The molecule has 29 heavy (non-hydrogen) atoms. The number of methoxy groups -OCH3 is 1. The number of hydrogen-bond donors (Lipinski definition) is 1. The second-order valence-electron chi connectivity index (χ2n) is 6.97. The van der Waals surface area contributed by atoms with Gasteiger partial charge in [0.1, 0.15) is 23.1 Å². The van der Waals surface area contributed by atoms with E-state index >= 15 is 0 Å². The predicted octanol–water partition coefficient (Wildman–Crippen LogP) is 1.43. The van der Waals surface area contributed by atoms with E-state index in [4.69, 9.17) is 4.74 Å². The van der Waals surface area contributed by atoms with E-state index in [0.29, 0.717) is 50.7 Å². The van der Waals surface area contributed by atoms with Gasteiger partial charge in [0, 0.05) is 45.7 Å². The maximum absolute atomic E-state index is 12.6. The average molecular weight is 397 g/mol. The Morgan fingerprint density at radius 1 is 1.14 bits per heavy atom. The van der Waals surface area contributed by atoms with E-state index in [1.165, 1.54) is 0 Å². The quantitative estimate of drug-likeness (QED) is 0.794. The summed E-state index contributed by atoms with van der Waals surface area (Å²) in [4.78, 5) is 36.8. The molecule has 1 aliphatic heterocycles. The summed E-state index contributed by atoms with van der Waals surface area (Å²) in [6, 6.07) is 9.48. The molecule has 0 unspecified atom stereocenters. The minimum absolute atomic E-state index is 0.0821. The van der Waals surface area contributed by atoms with Crippen LogP contribution in [0.25, 0.3) is 0 Å². The fourth-order valence-corrected chi connectivity index (χ4v) is 3.39. The summed E-state index contributed by atoms with van der Waals surface area (Å²) in [6.45, 7) is 6.52. The topological polar surface area (TPSA) is 87.7 Å². The minimum Gasteiger partial charge on any atom is -0.496 e. The zero-order valence-electron chi connectivity index (χ0n) is 17.1. The van der Waals surface area contributed by atoms with Crippen molar-refractivity contribution in [1.82, 2.24) is 20.2 Å². The molecule has 0 bridgehead atoms. The van der Waals surface area contributed by atoms with Crippen LogP contribution in [0.15, 0.2) is 30.3 Å². The first-order chi connectivity index (χ1) is 14.0. The monoisotopic (exact) mass is 397 g/mol. The van der Waals surface area contributed by atoms with Crippen molar-refractivity contribution in [3.05, 3.63) is 47.4 Å². The lowest BCUT2D eigenvalue weighted by Gasteiger charge is -2.35. The van der Waals surface area contributed by atoms with Gasteiger partial charge in [-0.05, 0) is 25.0 Å². The molecule has 0 saturated carbocycles. The zero-order chi connectivity index (χ0) is 20.8. The molecular formula is C21H27N5O3. The number of nitrogens with zero attached hydrogens (tertiary/aromatic N) is 4. The van der Waals surface area contributed by atoms with Gasteiger partial charge in [0.25, 0.3) is 5.91 Å². The summed E-state index contributed by atoms with van der Waals surface area (Å²) in [7, 11) is 1.64. The molecule has 0 spiro atoms. The van der Waals surface area contributed by atoms with Crippen LogP contribution in [0.2, 0.25) is 0 Å². The minimum atomic E-state index is -0.228. The van der Waals surface area contributed by atoms with Crippen LogP contribution in [-0.2, 0) is 11.2 Å². The second kappa shape index (κ2) is 9.36. The maximum Gasteiger partial charge on any atom is 0.270 e. The molecule has 1 aromatic heterocycles. The SMILES string of the molecule is COc1ccccc1CCNC(=O)c1cc(N2CCN(C(C)=O)CC2)nc(C)n1.